The molecule has 1 aliphatic rings. The maximum Gasteiger partial charge on any atom is 0.132 e. The average molecular weight is 330 g/mol. The van der Waals surface area contributed by atoms with Crippen molar-refractivity contribution >= 4 is 34.4 Å². The van der Waals surface area contributed by atoms with Crippen LogP contribution in [0.4, 0.5) is 10.1 Å². The highest BCUT2D eigenvalue weighted by Crippen LogP contribution is 2.29. The van der Waals surface area contributed by atoms with Crippen LogP contribution in [-0.2, 0) is 0 Å². The van der Waals surface area contributed by atoms with E-state index in [2.05, 4.69) is 15.1 Å². The van der Waals surface area contributed by atoms with Crippen molar-refractivity contribution < 1.29 is 9.60 Å². The van der Waals surface area contributed by atoms with Crippen LogP contribution in [0.15, 0.2) is 57.6 Å². The quantitative estimate of drug-likeness (QED) is 0.499. The summed E-state index contributed by atoms with van der Waals surface area (Å²) in [6, 6.07) is 11.6. The Hall–Kier alpha value is -2.53. The van der Waals surface area contributed by atoms with Crippen molar-refractivity contribution in [2.45, 2.75) is 6.92 Å². The average Bonchev–Trinajstić information content (AvgIpc) is 2.74. The molecule has 23 heavy (non-hydrogen) atoms. The summed E-state index contributed by atoms with van der Waals surface area (Å²) in [6.45, 7) is 1.82. The first-order valence-corrected chi connectivity index (χ1v) is 7.34. The van der Waals surface area contributed by atoms with Gasteiger partial charge in [-0.05, 0) is 37.3 Å². The fourth-order valence-electron chi connectivity index (χ4n) is 2.35. The maximum absolute atomic E-state index is 14.2. The lowest BCUT2D eigenvalue weighted by molar-refractivity contribution is 0.320. The van der Waals surface area contributed by atoms with Gasteiger partial charge in [0.15, 0.2) is 0 Å². The van der Waals surface area contributed by atoms with Crippen molar-refractivity contribution in [2.75, 3.05) is 6.54 Å². The molecule has 0 amide bonds. The summed E-state index contributed by atoms with van der Waals surface area (Å²) >= 11 is 6.09. The van der Waals surface area contributed by atoms with Crippen molar-refractivity contribution in [3.63, 3.8) is 0 Å². The van der Waals surface area contributed by atoms with Crippen LogP contribution in [-0.4, -0.2) is 28.9 Å². The summed E-state index contributed by atoms with van der Waals surface area (Å²) in [5.41, 5.74) is 2.98. The summed E-state index contributed by atoms with van der Waals surface area (Å²) in [4.78, 5) is 8.97. The number of fused-ring (bicyclic) bond motifs is 1. The summed E-state index contributed by atoms with van der Waals surface area (Å²) in [5.74, 6) is -0.367. The highest BCUT2D eigenvalue weighted by Gasteiger charge is 2.20. The standard InChI is InChI=1S/C17H13ClFN3O/c1-10(22-23)16-9-20-17(12-4-2-3-5-14(12)19)13-8-11(18)6-7-15(13)21-16/h2-8,23H,9H2,1H3/b22-10+. The van der Waals surface area contributed by atoms with Crippen LogP contribution in [0.25, 0.3) is 0 Å². The van der Waals surface area contributed by atoms with Crippen molar-refractivity contribution in [3.8, 4) is 0 Å². The molecule has 0 aliphatic carbocycles. The largest absolute Gasteiger partial charge is 0.411 e. The van der Waals surface area contributed by atoms with E-state index in [9.17, 15) is 4.39 Å². The first-order valence-electron chi connectivity index (χ1n) is 6.96. The van der Waals surface area contributed by atoms with Gasteiger partial charge in [-0.2, -0.15) is 0 Å². The predicted molar refractivity (Wildman–Crippen MR) is 90.3 cm³/mol. The zero-order chi connectivity index (χ0) is 16.4. The fraction of sp³-hybridized carbons (Fsp3) is 0.118. The second kappa shape index (κ2) is 6.30. The van der Waals surface area contributed by atoms with E-state index in [0.717, 1.165) is 0 Å². The van der Waals surface area contributed by atoms with Crippen LogP contribution in [0.2, 0.25) is 5.02 Å². The minimum atomic E-state index is -0.367. The Bertz CT molecular complexity index is 859. The first kappa shape index (κ1) is 15.4. The minimum absolute atomic E-state index is 0.186. The Balaban J connectivity index is 2.23. The fourth-order valence-corrected chi connectivity index (χ4v) is 2.52. The first-order chi connectivity index (χ1) is 11.1. The molecule has 116 valence electrons. The number of nitrogens with zero attached hydrogens (tertiary/aromatic N) is 3. The van der Waals surface area contributed by atoms with Crippen LogP contribution in [0.5, 0.6) is 0 Å². The second-order valence-corrected chi connectivity index (χ2v) is 5.49. The molecule has 1 aliphatic heterocycles. The Kier molecular flexibility index (Phi) is 4.21. The van der Waals surface area contributed by atoms with Gasteiger partial charge in [0.2, 0.25) is 0 Å². The Morgan fingerprint density at radius 3 is 2.74 bits per heavy atom. The van der Waals surface area contributed by atoms with Crippen molar-refractivity contribution in [2.24, 2.45) is 15.1 Å². The van der Waals surface area contributed by atoms with Crippen LogP contribution < -0.4 is 0 Å². The second-order valence-electron chi connectivity index (χ2n) is 5.05. The SMILES string of the molecule is C/C(=N\O)C1=Nc2ccc(Cl)cc2C(c2ccccc2F)=NC1. The van der Waals surface area contributed by atoms with Gasteiger partial charge in [-0.25, -0.2) is 9.38 Å². The molecule has 1 N–H and O–H groups in total. The van der Waals surface area contributed by atoms with E-state index in [-0.39, 0.29) is 12.4 Å². The lowest BCUT2D eigenvalue weighted by Gasteiger charge is -2.09. The van der Waals surface area contributed by atoms with Gasteiger partial charge in [0, 0.05) is 16.1 Å². The zero-order valence-corrected chi connectivity index (χ0v) is 13.0. The van der Waals surface area contributed by atoms with Crippen LogP contribution in [0, 0.1) is 5.82 Å². The van der Waals surface area contributed by atoms with Gasteiger partial charge in [0.1, 0.15) is 5.82 Å². The molecule has 1 heterocycles. The predicted octanol–water partition coefficient (Wildman–Crippen LogP) is 4.25. The van der Waals surface area contributed by atoms with Crippen molar-refractivity contribution in [1.82, 2.24) is 0 Å². The van der Waals surface area contributed by atoms with E-state index in [1.54, 1.807) is 43.3 Å². The Labute approximate surface area is 137 Å². The summed E-state index contributed by atoms with van der Waals surface area (Å²) in [5, 5.41) is 12.7. The van der Waals surface area contributed by atoms with Gasteiger partial charge in [-0.15, -0.1) is 0 Å². The topological polar surface area (TPSA) is 57.3 Å². The molecular formula is C17H13ClFN3O. The molecule has 6 heteroatoms. The molecule has 4 nitrogen and oxygen atoms in total. The normalized spacial score (nSPS) is 14.7. The van der Waals surface area contributed by atoms with Crippen molar-refractivity contribution in [3.05, 3.63) is 64.4 Å². The third-order valence-corrected chi connectivity index (χ3v) is 3.79. The van der Waals surface area contributed by atoms with Crippen LogP contribution in [0.1, 0.15) is 18.1 Å². The molecule has 2 aromatic carbocycles. The molecule has 0 fully saturated rings. The molecule has 0 saturated heterocycles. The molecule has 0 aromatic heterocycles. The number of aliphatic imine (C=N–C) groups is 2. The lowest BCUT2D eigenvalue weighted by atomic mass is 10.0. The van der Waals surface area contributed by atoms with Crippen LogP contribution in [0.3, 0.4) is 0 Å². The number of benzene rings is 2. The molecule has 0 radical (unpaired) electrons. The van der Waals surface area contributed by atoms with Gasteiger partial charge in [-0.3, -0.25) is 4.99 Å². The molecule has 0 spiro atoms. The molecule has 0 atom stereocenters. The van der Waals surface area contributed by atoms with E-state index in [0.29, 0.717) is 39.0 Å². The molecule has 0 saturated carbocycles. The Morgan fingerprint density at radius 2 is 2.00 bits per heavy atom. The lowest BCUT2D eigenvalue weighted by Crippen LogP contribution is -2.14. The Morgan fingerprint density at radius 1 is 1.22 bits per heavy atom. The molecule has 3 rings (SSSR count). The number of halogens is 2. The molecule has 2 aromatic rings. The van der Waals surface area contributed by atoms with Crippen LogP contribution >= 0.6 is 11.6 Å². The van der Waals surface area contributed by atoms with Gasteiger partial charge < -0.3 is 5.21 Å². The number of hydrogen-bond donors (Lipinski definition) is 1. The van der Waals surface area contributed by atoms with E-state index < -0.39 is 0 Å². The minimum Gasteiger partial charge on any atom is -0.411 e. The van der Waals surface area contributed by atoms with Gasteiger partial charge in [-0.1, -0.05) is 28.9 Å². The van der Waals surface area contributed by atoms with Gasteiger partial charge in [0.25, 0.3) is 0 Å². The van der Waals surface area contributed by atoms with Crippen molar-refractivity contribution in [1.29, 1.82) is 0 Å². The van der Waals surface area contributed by atoms with E-state index in [4.69, 9.17) is 16.8 Å². The molecule has 0 unspecified atom stereocenters. The van der Waals surface area contributed by atoms with Gasteiger partial charge >= 0.3 is 0 Å². The number of oxime groups is 1. The zero-order valence-electron chi connectivity index (χ0n) is 12.3. The summed E-state index contributed by atoms with van der Waals surface area (Å²) < 4.78 is 14.2. The summed E-state index contributed by atoms with van der Waals surface area (Å²) in [7, 11) is 0. The smallest absolute Gasteiger partial charge is 0.132 e. The van der Waals surface area contributed by atoms with E-state index >= 15 is 0 Å². The van der Waals surface area contributed by atoms with Gasteiger partial charge in [0.05, 0.1) is 29.4 Å². The maximum atomic E-state index is 14.2. The van der Waals surface area contributed by atoms with E-state index in [1.165, 1.54) is 6.07 Å². The highest BCUT2D eigenvalue weighted by molar-refractivity contribution is 6.43. The highest BCUT2D eigenvalue weighted by atomic mass is 35.5. The summed E-state index contributed by atoms with van der Waals surface area (Å²) in [6.07, 6.45) is 0. The monoisotopic (exact) mass is 329 g/mol. The number of rotatable bonds is 2. The molecular weight excluding hydrogens is 317 g/mol. The number of hydrogen-bond acceptors (Lipinski definition) is 4. The van der Waals surface area contributed by atoms with E-state index in [1.807, 2.05) is 0 Å². The third kappa shape index (κ3) is 3.00. The molecule has 0 bridgehead atoms. The third-order valence-electron chi connectivity index (χ3n) is 3.55.